The number of benzene rings is 4. The van der Waals surface area contributed by atoms with Crippen molar-refractivity contribution in [1.29, 1.82) is 5.26 Å². The summed E-state index contributed by atoms with van der Waals surface area (Å²) in [4.78, 5) is 0. The van der Waals surface area contributed by atoms with E-state index in [-0.39, 0.29) is 11.5 Å². The van der Waals surface area contributed by atoms with Gasteiger partial charge in [-0.3, -0.25) is 0 Å². The second-order valence-electron chi connectivity index (χ2n) is 7.70. The van der Waals surface area contributed by atoms with Gasteiger partial charge < -0.3 is 0 Å². The van der Waals surface area contributed by atoms with E-state index in [1.165, 1.54) is 12.1 Å². The molecule has 0 aliphatic carbocycles. The topological polar surface area (TPSA) is 23.8 Å². The summed E-state index contributed by atoms with van der Waals surface area (Å²) >= 11 is 0. The standard InChI is InChI=1S/C28H21F2N/c1-19(21-5-3-2-4-6-21)15-26-27(29)16-25(17-28(26)30)24-13-11-23(12-14-24)22-9-7-20(18-31)8-10-22/h2-14,16-17,19H,15H2,1H3/t19-/m1/s1. The van der Waals surface area contributed by atoms with Gasteiger partial charge in [-0.15, -0.1) is 0 Å². The first-order valence-electron chi connectivity index (χ1n) is 10.2. The van der Waals surface area contributed by atoms with E-state index in [2.05, 4.69) is 6.07 Å². The summed E-state index contributed by atoms with van der Waals surface area (Å²) in [6.07, 6.45) is 0.305. The minimum absolute atomic E-state index is 0.0164. The first-order valence-corrected chi connectivity index (χ1v) is 10.2. The van der Waals surface area contributed by atoms with E-state index in [9.17, 15) is 8.78 Å². The molecule has 1 nitrogen and oxygen atoms in total. The highest BCUT2D eigenvalue weighted by Crippen LogP contribution is 2.30. The maximum Gasteiger partial charge on any atom is 0.129 e. The maximum absolute atomic E-state index is 14.8. The van der Waals surface area contributed by atoms with Crippen LogP contribution in [0.3, 0.4) is 0 Å². The van der Waals surface area contributed by atoms with Crippen molar-refractivity contribution in [2.24, 2.45) is 0 Å². The number of rotatable bonds is 5. The van der Waals surface area contributed by atoms with Crippen LogP contribution in [0.1, 0.15) is 29.5 Å². The van der Waals surface area contributed by atoms with Crippen molar-refractivity contribution >= 4 is 0 Å². The summed E-state index contributed by atoms with van der Waals surface area (Å²) in [6, 6.07) is 29.5. The van der Waals surface area contributed by atoms with Crippen LogP contribution < -0.4 is 0 Å². The second kappa shape index (κ2) is 8.93. The van der Waals surface area contributed by atoms with Crippen molar-refractivity contribution in [3.8, 4) is 28.3 Å². The van der Waals surface area contributed by atoms with Gasteiger partial charge in [0.2, 0.25) is 0 Å². The van der Waals surface area contributed by atoms with E-state index < -0.39 is 11.6 Å². The van der Waals surface area contributed by atoms with Crippen LogP contribution in [0.4, 0.5) is 8.78 Å². The predicted molar refractivity (Wildman–Crippen MR) is 121 cm³/mol. The molecule has 0 saturated carbocycles. The van der Waals surface area contributed by atoms with Crippen molar-refractivity contribution < 1.29 is 8.78 Å². The number of halogens is 2. The second-order valence-corrected chi connectivity index (χ2v) is 7.70. The van der Waals surface area contributed by atoms with E-state index in [1.54, 1.807) is 12.1 Å². The van der Waals surface area contributed by atoms with Gasteiger partial charge in [-0.1, -0.05) is 73.7 Å². The molecule has 0 radical (unpaired) electrons. The molecule has 0 amide bonds. The molecule has 0 heterocycles. The third-order valence-electron chi connectivity index (χ3n) is 5.59. The van der Waals surface area contributed by atoms with Gasteiger partial charge >= 0.3 is 0 Å². The highest BCUT2D eigenvalue weighted by molar-refractivity contribution is 5.71. The molecule has 152 valence electrons. The zero-order chi connectivity index (χ0) is 21.8. The molecule has 0 N–H and O–H groups in total. The number of hydrogen-bond donors (Lipinski definition) is 0. The molecule has 0 fully saturated rings. The SMILES string of the molecule is C[C@H](Cc1c(F)cc(-c2ccc(-c3ccc(C#N)cc3)cc2)cc1F)c1ccccc1. The third-order valence-corrected chi connectivity index (χ3v) is 5.59. The average molecular weight is 409 g/mol. The monoisotopic (exact) mass is 409 g/mol. The van der Waals surface area contributed by atoms with Crippen LogP contribution in [0, 0.1) is 23.0 Å². The fourth-order valence-corrected chi connectivity index (χ4v) is 3.76. The molecule has 4 rings (SSSR count). The Bertz CT molecular complexity index is 1200. The Morgan fingerprint density at radius 2 is 1.19 bits per heavy atom. The van der Waals surface area contributed by atoms with E-state index in [0.717, 1.165) is 22.3 Å². The summed E-state index contributed by atoms with van der Waals surface area (Å²) in [5, 5.41) is 8.92. The average Bonchev–Trinajstić information content (AvgIpc) is 2.82. The molecule has 0 aliphatic heterocycles. The maximum atomic E-state index is 14.8. The van der Waals surface area contributed by atoms with Gasteiger partial charge in [0, 0.05) is 5.56 Å². The van der Waals surface area contributed by atoms with Crippen LogP contribution >= 0.6 is 0 Å². The highest BCUT2D eigenvalue weighted by Gasteiger charge is 2.16. The van der Waals surface area contributed by atoms with Crippen LogP contribution in [0.15, 0.2) is 91.0 Å². The third kappa shape index (κ3) is 4.54. The zero-order valence-electron chi connectivity index (χ0n) is 17.1. The lowest BCUT2D eigenvalue weighted by molar-refractivity contribution is 0.544. The zero-order valence-corrected chi connectivity index (χ0v) is 17.1. The molecule has 0 saturated heterocycles. The van der Waals surface area contributed by atoms with Gasteiger partial charge in [0.25, 0.3) is 0 Å². The van der Waals surface area contributed by atoms with E-state index in [0.29, 0.717) is 17.5 Å². The summed E-state index contributed by atoms with van der Waals surface area (Å²) in [6.45, 7) is 1.98. The predicted octanol–water partition coefficient (Wildman–Crippen LogP) is 7.52. The molecule has 4 aromatic rings. The van der Waals surface area contributed by atoms with Crippen molar-refractivity contribution in [2.75, 3.05) is 0 Å². The normalized spacial score (nSPS) is 11.7. The first kappa shape index (κ1) is 20.5. The molecule has 0 spiro atoms. The quantitative estimate of drug-likeness (QED) is 0.334. The molecule has 0 aromatic heterocycles. The Morgan fingerprint density at radius 3 is 1.71 bits per heavy atom. The van der Waals surface area contributed by atoms with Crippen LogP contribution in [0.2, 0.25) is 0 Å². The lowest BCUT2D eigenvalue weighted by atomic mass is 9.92. The molecule has 0 aliphatic rings. The lowest BCUT2D eigenvalue weighted by Crippen LogP contribution is -2.04. The van der Waals surface area contributed by atoms with Crippen LogP contribution in [0.25, 0.3) is 22.3 Å². The minimum atomic E-state index is -0.519. The van der Waals surface area contributed by atoms with Gasteiger partial charge in [0.15, 0.2) is 0 Å². The van der Waals surface area contributed by atoms with Crippen molar-refractivity contribution in [1.82, 2.24) is 0 Å². The number of hydrogen-bond acceptors (Lipinski definition) is 1. The summed E-state index contributed by atoms with van der Waals surface area (Å²) in [5.41, 5.74) is 5.00. The Kier molecular flexibility index (Phi) is 5.91. The van der Waals surface area contributed by atoms with Crippen molar-refractivity contribution in [2.45, 2.75) is 19.3 Å². The van der Waals surface area contributed by atoms with Gasteiger partial charge in [0.05, 0.1) is 11.6 Å². The van der Waals surface area contributed by atoms with Crippen LogP contribution in [0.5, 0.6) is 0 Å². The summed E-state index contributed by atoms with van der Waals surface area (Å²) in [7, 11) is 0. The van der Waals surface area contributed by atoms with Crippen molar-refractivity contribution in [3.05, 3.63) is 119 Å². The highest BCUT2D eigenvalue weighted by atomic mass is 19.1. The molecule has 1 atom stereocenters. The first-order chi connectivity index (χ1) is 15.0. The van der Waals surface area contributed by atoms with Gasteiger partial charge in [0.1, 0.15) is 11.6 Å². The Morgan fingerprint density at radius 1 is 0.710 bits per heavy atom. The lowest BCUT2D eigenvalue weighted by Gasteiger charge is -2.14. The molecule has 3 heteroatoms. The Hall–Kier alpha value is -3.77. The van der Waals surface area contributed by atoms with Gasteiger partial charge in [-0.2, -0.15) is 5.26 Å². The van der Waals surface area contributed by atoms with E-state index >= 15 is 0 Å². The van der Waals surface area contributed by atoms with Gasteiger partial charge in [-0.05, 0) is 64.4 Å². The van der Waals surface area contributed by atoms with E-state index in [1.807, 2.05) is 73.7 Å². The smallest absolute Gasteiger partial charge is 0.129 e. The van der Waals surface area contributed by atoms with Crippen LogP contribution in [-0.4, -0.2) is 0 Å². The summed E-state index contributed by atoms with van der Waals surface area (Å²) in [5.74, 6) is -1.02. The number of nitrogens with zero attached hydrogens (tertiary/aromatic N) is 1. The van der Waals surface area contributed by atoms with Gasteiger partial charge in [-0.25, -0.2) is 8.78 Å². The molecular formula is C28H21F2N. The molecule has 0 bridgehead atoms. The summed E-state index contributed by atoms with van der Waals surface area (Å²) < 4.78 is 29.6. The van der Waals surface area contributed by atoms with Crippen LogP contribution in [-0.2, 0) is 6.42 Å². The van der Waals surface area contributed by atoms with E-state index in [4.69, 9.17) is 5.26 Å². The Labute approximate surface area is 181 Å². The molecule has 4 aromatic carbocycles. The molecule has 0 unspecified atom stereocenters. The largest absolute Gasteiger partial charge is 0.207 e. The minimum Gasteiger partial charge on any atom is -0.207 e. The fourth-order valence-electron chi connectivity index (χ4n) is 3.76. The molecular weight excluding hydrogens is 388 g/mol. The van der Waals surface area contributed by atoms with Crippen molar-refractivity contribution in [3.63, 3.8) is 0 Å². The fraction of sp³-hybridized carbons (Fsp3) is 0.107. The number of nitriles is 1. The Balaban J connectivity index is 1.57. The molecule has 31 heavy (non-hydrogen) atoms.